The highest BCUT2D eigenvalue weighted by Gasteiger charge is 2.28. The Kier molecular flexibility index (Phi) is 7.25. The first kappa shape index (κ1) is 25.2. The maximum absolute atomic E-state index is 13.0. The number of aliphatic hydroxyl groups excluding tert-OH is 1. The number of anilines is 1. The van der Waals surface area contributed by atoms with Crippen LogP contribution >= 0.6 is 15.9 Å². The van der Waals surface area contributed by atoms with Gasteiger partial charge in [0.25, 0.3) is 0 Å². The Morgan fingerprint density at radius 2 is 2.00 bits per heavy atom. The highest BCUT2D eigenvalue weighted by molar-refractivity contribution is 9.10. The van der Waals surface area contributed by atoms with E-state index < -0.39 is 21.9 Å². The Hall–Kier alpha value is -3.93. The molecular weight excluding hydrogens is 556 g/mol. The van der Waals surface area contributed by atoms with Gasteiger partial charge < -0.3 is 19.7 Å². The summed E-state index contributed by atoms with van der Waals surface area (Å²) in [6, 6.07) is 7.63. The number of phenols is 1. The van der Waals surface area contributed by atoms with Crippen molar-refractivity contribution in [3.05, 3.63) is 70.1 Å². The number of para-hydroxylation sites is 1. The molecule has 0 unspecified atom stereocenters. The zero-order valence-electron chi connectivity index (χ0n) is 18.9. The molecule has 3 aromatic rings. The van der Waals surface area contributed by atoms with Crippen LogP contribution in [0.5, 0.6) is 11.5 Å². The smallest absolute Gasteiger partial charge is 0.243 e. The van der Waals surface area contributed by atoms with Gasteiger partial charge in [0.1, 0.15) is 29.0 Å². The summed E-state index contributed by atoms with van der Waals surface area (Å²) in [6.07, 6.45) is 1.47. The van der Waals surface area contributed by atoms with Crippen molar-refractivity contribution in [2.75, 3.05) is 24.7 Å². The predicted octanol–water partition coefficient (Wildman–Crippen LogP) is 2.32. The van der Waals surface area contributed by atoms with E-state index in [1.165, 1.54) is 43.2 Å². The van der Waals surface area contributed by atoms with E-state index in [2.05, 4.69) is 52.3 Å². The Balaban J connectivity index is 1.78. The van der Waals surface area contributed by atoms with E-state index in [4.69, 9.17) is 9.47 Å². The number of benzene rings is 1. The molecule has 36 heavy (non-hydrogen) atoms. The molecule has 3 heterocycles. The van der Waals surface area contributed by atoms with E-state index in [9.17, 15) is 18.6 Å². The number of aliphatic imine (C=N–C) groups is 1. The topological polar surface area (TPSA) is 161 Å². The molecule has 0 bridgehead atoms. The number of sulfonamides is 1. The summed E-state index contributed by atoms with van der Waals surface area (Å²) in [6.45, 7) is 0. The van der Waals surface area contributed by atoms with E-state index in [0.29, 0.717) is 4.47 Å². The summed E-state index contributed by atoms with van der Waals surface area (Å²) in [5, 5.41) is 29.1. The number of hydrogen-bond donors (Lipinski definition) is 3. The third-order valence-corrected chi connectivity index (χ3v) is 6.55. The van der Waals surface area contributed by atoms with Crippen LogP contribution in [0.15, 0.2) is 63.5 Å². The minimum Gasteiger partial charge on any atom is -0.506 e. The molecule has 4 rings (SSSR count). The average Bonchev–Trinajstić information content (AvgIpc) is 3.26. The molecule has 1 atom stereocenters. The van der Waals surface area contributed by atoms with Gasteiger partial charge in [-0.05, 0) is 45.9 Å². The fourth-order valence-electron chi connectivity index (χ4n) is 3.22. The number of methoxy groups -OCH3 is 2. The van der Waals surface area contributed by atoms with Crippen molar-refractivity contribution < 1.29 is 28.1 Å². The molecule has 14 heteroatoms. The van der Waals surface area contributed by atoms with E-state index in [0.717, 1.165) is 0 Å². The van der Waals surface area contributed by atoms with Crippen LogP contribution in [-0.2, 0) is 14.8 Å². The second-order valence-electron chi connectivity index (χ2n) is 7.23. The lowest BCUT2D eigenvalue weighted by Gasteiger charge is -2.17. The zero-order valence-corrected chi connectivity index (χ0v) is 21.3. The minimum absolute atomic E-state index is 0.0118. The second kappa shape index (κ2) is 10.4. The van der Waals surface area contributed by atoms with E-state index in [-0.39, 0.29) is 46.2 Å². The van der Waals surface area contributed by atoms with Crippen molar-refractivity contribution in [2.45, 2.75) is 6.10 Å². The molecule has 2 aromatic heterocycles. The summed E-state index contributed by atoms with van der Waals surface area (Å²) < 4.78 is 40.7. The Labute approximate surface area is 214 Å². The molecule has 0 amide bonds. The second-order valence-corrected chi connectivity index (χ2v) is 9.91. The maximum Gasteiger partial charge on any atom is 0.243 e. The first-order valence-corrected chi connectivity index (χ1v) is 12.6. The molecule has 0 spiro atoms. The highest BCUT2D eigenvalue weighted by Crippen LogP contribution is 2.36. The van der Waals surface area contributed by atoms with Gasteiger partial charge in [-0.1, -0.05) is 11.8 Å². The van der Waals surface area contributed by atoms with E-state index in [1.54, 1.807) is 18.2 Å². The van der Waals surface area contributed by atoms with Gasteiger partial charge in [0.05, 0.1) is 26.0 Å². The molecule has 12 nitrogen and oxygen atoms in total. The van der Waals surface area contributed by atoms with Gasteiger partial charge in [0.2, 0.25) is 21.9 Å². The number of pyridine rings is 1. The highest BCUT2D eigenvalue weighted by atomic mass is 79.9. The molecule has 1 aliphatic heterocycles. The predicted molar refractivity (Wildman–Crippen MR) is 133 cm³/mol. The van der Waals surface area contributed by atoms with E-state index in [1.807, 2.05) is 0 Å². The van der Waals surface area contributed by atoms with Crippen molar-refractivity contribution in [1.82, 2.24) is 19.7 Å². The standard InChI is InChI=1S/C22H19BrN6O6S/c1-34-18-7-4-6-16(30)20(18)29-21(15-5-3-8-19(25-15)35-2)26-27-22(29)28-36(32,33)12-17(31)14-10-9-13(23)11-24-14/h4,6-11,17,30-31H,12H2,1-2H3,(H,27,28)/t17-/m1/s1. The van der Waals surface area contributed by atoms with Crippen LogP contribution in [0.2, 0.25) is 0 Å². The molecule has 0 saturated heterocycles. The van der Waals surface area contributed by atoms with Crippen LogP contribution < -0.4 is 9.46 Å². The lowest BCUT2D eigenvalue weighted by Crippen LogP contribution is -2.24. The van der Waals surface area contributed by atoms with E-state index >= 15 is 0 Å². The monoisotopic (exact) mass is 574 g/mol. The lowest BCUT2D eigenvalue weighted by atomic mass is 10.2. The van der Waals surface area contributed by atoms with Gasteiger partial charge in [-0.25, -0.2) is 13.4 Å². The molecule has 0 aliphatic carbocycles. The van der Waals surface area contributed by atoms with Crippen molar-refractivity contribution in [3.63, 3.8) is 0 Å². The van der Waals surface area contributed by atoms with Crippen molar-refractivity contribution in [3.8, 4) is 17.2 Å². The summed E-state index contributed by atoms with van der Waals surface area (Å²) >= 11 is 3.24. The van der Waals surface area contributed by atoms with Crippen LogP contribution in [0, 0.1) is 0 Å². The number of nitrogens with zero attached hydrogens (tertiary/aromatic N) is 5. The third kappa shape index (κ3) is 5.33. The van der Waals surface area contributed by atoms with Gasteiger partial charge in [-0.3, -0.25) is 14.3 Å². The number of aromatic hydroxyl groups is 1. The Bertz CT molecular complexity index is 1540. The molecule has 0 radical (unpaired) electrons. The minimum atomic E-state index is -4.20. The maximum atomic E-state index is 13.0. The van der Waals surface area contributed by atoms with Crippen LogP contribution in [0.1, 0.15) is 17.6 Å². The zero-order chi connectivity index (χ0) is 25.9. The quantitative estimate of drug-likeness (QED) is 0.343. The summed E-state index contributed by atoms with van der Waals surface area (Å²) in [7, 11) is -1.39. The Morgan fingerprint density at radius 3 is 2.69 bits per heavy atom. The van der Waals surface area contributed by atoms with Crippen molar-refractivity contribution in [2.24, 2.45) is 4.99 Å². The van der Waals surface area contributed by atoms with Crippen LogP contribution in [0.25, 0.3) is 11.4 Å². The van der Waals surface area contributed by atoms with Gasteiger partial charge in [0.15, 0.2) is 11.5 Å². The van der Waals surface area contributed by atoms with Gasteiger partial charge >= 0.3 is 0 Å². The number of hydrogen-bond acceptors (Lipinski definition) is 10. The number of phenolic OH excluding ortho intramolecular Hbond substituents is 1. The summed E-state index contributed by atoms with van der Waals surface area (Å²) in [4.78, 5) is 8.28. The molecular formula is C22H19BrN6O6S. The number of rotatable bonds is 8. The fraction of sp³-hybridized carbons (Fsp3) is 0.182. The molecule has 0 fully saturated rings. The molecule has 1 aliphatic rings. The third-order valence-electron chi connectivity index (χ3n) is 4.83. The fourth-order valence-corrected chi connectivity index (χ4v) is 4.54. The molecule has 0 saturated carbocycles. The van der Waals surface area contributed by atoms with Crippen LogP contribution in [-0.4, -0.2) is 64.2 Å². The first-order chi connectivity index (χ1) is 17.2. The largest absolute Gasteiger partial charge is 0.506 e. The summed E-state index contributed by atoms with van der Waals surface area (Å²) in [5.41, 5.74) is 5.83. The number of aliphatic hydroxyl groups is 1. The van der Waals surface area contributed by atoms with Gasteiger partial charge in [-0.2, -0.15) is 0 Å². The summed E-state index contributed by atoms with van der Waals surface area (Å²) in [5.74, 6) is -0.852. The molecule has 1 aromatic carbocycles. The molecule has 3 N–H and O–H groups in total. The normalized spacial score (nSPS) is 13.7. The lowest BCUT2D eigenvalue weighted by molar-refractivity contribution is 0.197. The van der Waals surface area contributed by atoms with Crippen LogP contribution in [0.4, 0.5) is 5.95 Å². The van der Waals surface area contributed by atoms with Crippen molar-refractivity contribution in [1.29, 1.82) is 0 Å². The first-order valence-electron chi connectivity index (χ1n) is 10.2. The SMILES string of the molecule is COC1=NC(c2nnc(NS(=O)(=O)C[C@@H](O)c3ccc(Br)cn3)n2-c2c(O)cccc2OC)=C=C=C1. The van der Waals surface area contributed by atoms with Crippen LogP contribution in [0.3, 0.4) is 0 Å². The Morgan fingerprint density at radius 1 is 1.19 bits per heavy atom. The number of halogens is 1. The average molecular weight is 575 g/mol. The number of nitrogens with one attached hydrogen (secondary N) is 1. The molecule has 186 valence electrons. The van der Waals surface area contributed by atoms with Crippen molar-refractivity contribution >= 4 is 43.5 Å². The van der Waals surface area contributed by atoms with Gasteiger partial charge in [0, 0.05) is 10.7 Å². The number of aromatic nitrogens is 4. The van der Waals surface area contributed by atoms with Gasteiger partial charge in [-0.15, -0.1) is 10.2 Å². The number of ether oxygens (including phenoxy) is 2.